The Labute approximate surface area is 183 Å². The summed E-state index contributed by atoms with van der Waals surface area (Å²) in [5, 5.41) is 5.32. The molecule has 0 aliphatic rings. The third kappa shape index (κ3) is 7.53. The summed E-state index contributed by atoms with van der Waals surface area (Å²) in [7, 11) is 0. The molecule has 2 radical (unpaired) electrons. The zero-order chi connectivity index (χ0) is 15.6. The average Bonchev–Trinajstić information content (AvgIpc) is 3.24. The van der Waals surface area contributed by atoms with Gasteiger partial charge in [-0.05, 0) is 0 Å². The fraction of sp³-hybridized carbons (Fsp3) is 0.0909. The molecule has 0 aromatic heterocycles. The van der Waals surface area contributed by atoms with Crippen LogP contribution in [-0.4, -0.2) is 0 Å². The summed E-state index contributed by atoms with van der Waals surface area (Å²) in [6.07, 6.45) is 1.92. The third-order valence-electron chi connectivity index (χ3n) is 3.35. The van der Waals surface area contributed by atoms with E-state index in [1.165, 1.54) is 21.5 Å². The van der Waals surface area contributed by atoms with Gasteiger partial charge in [0.05, 0.1) is 0 Å². The van der Waals surface area contributed by atoms with E-state index in [9.17, 15) is 0 Å². The van der Waals surface area contributed by atoms with Crippen molar-refractivity contribution in [1.29, 1.82) is 0 Å². The predicted octanol–water partition coefficient (Wildman–Crippen LogP) is 6.55. The minimum Gasteiger partial charge on any atom is -0.346 e. The Hall–Kier alpha value is -0.600. The van der Waals surface area contributed by atoms with E-state index in [1.807, 2.05) is 0 Å². The molecular formula is C22H22Sc2-4. The smallest absolute Gasteiger partial charge is 0 e. The third-order valence-corrected chi connectivity index (χ3v) is 3.35. The summed E-state index contributed by atoms with van der Waals surface area (Å²) in [6.45, 7) is 7.08. The van der Waals surface area contributed by atoms with E-state index in [-0.39, 0.29) is 51.7 Å². The van der Waals surface area contributed by atoms with Gasteiger partial charge >= 0.3 is 0 Å². The van der Waals surface area contributed by atoms with Gasteiger partial charge < -0.3 is 13.8 Å². The normalized spacial score (nSPS) is 8.92. The van der Waals surface area contributed by atoms with Crippen molar-refractivity contribution < 1.29 is 51.7 Å². The van der Waals surface area contributed by atoms with Crippen LogP contribution in [0.5, 0.6) is 0 Å². The van der Waals surface area contributed by atoms with Gasteiger partial charge in [0, 0.05) is 51.7 Å². The first kappa shape index (κ1) is 23.4. The molecule has 0 nitrogen and oxygen atoms in total. The summed E-state index contributed by atoms with van der Waals surface area (Å²) in [6, 6.07) is 29.3. The average molecular weight is 376 g/mol. The Kier molecular flexibility index (Phi) is 13.3. The molecule has 120 valence electrons. The van der Waals surface area contributed by atoms with Gasteiger partial charge in [-0.3, -0.25) is 0 Å². The number of unbranched alkanes of at least 4 members (excludes halogenated alkanes) is 1. The molecule has 24 heavy (non-hydrogen) atoms. The molecule has 0 aliphatic carbocycles. The van der Waals surface area contributed by atoms with Crippen molar-refractivity contribution in [1.82, 2.24) is 0 Å². The minimum absolute atomic E-state index is 0. The second kappa shape index (κ2) is 13.7. The monoisotopic (exact) mass is 376 g/mol. The quantitative estimate of drug-likeness (QED) is 0.331. The molecule has 4 rings (SSSR count). The van der Waals surface area contributed by atoms with Gasteiger partial charge in [0.15, 0.2) is 0 Å². The molecular weight excluding hydrogens is 354 g/mol. The Balaban J connectivity index is 0.000000341. The molecule has 0 saturated carbocycles. The van der Waals surface area contributed by atoms with Crippen molar-refractivity contribution in [3.63, 3.8) is 0 Å². The van der Waals surface area contributed by atoms with Gasteiger partial charge in [-0.15, -0.1) is 59.3 Å². The van der Waals surface area contributed by atoms with Crippen molar-refractivity contribution in [3.8, 4) is 0 Å². The summed E-state index contributed by atoms with van der Waals surface area (Å²) >= 11 is 0. The molecule has 0 heterocycles. The predicted molar refractivity (Wildman–Crippen MR) is 99.0 cm³/mol. The molecule has 4 aromatic carbocycles. The molecule has 0 fully saturated rings. The number of benzene rings is 2. The standard InChI is InChI=1S/2C9H7.C4H8.2Sc/c2*1-2-5-9-7-3-6-8(9)4-1;1-3-4-2;;/h2*1-7H;1-4H2;;/q2*-1;-2;;. The van der Waals surface area contributed by atoms with Gasteiger partial charge in [-0.2, -0.15) is 35.0 Å². The zero-order valence-corrected chi connectivity index (χ0v) is 17.7. The van der Waals surface area contributed by atoms with Crippen LogP contribution in [0.25, 0.3) is 21.5 Å². The van der Waals surface area contributed by atoms with Crippen molar-refractivity contribution in [3.05, 3.63) is 98.8 Å². The maximum atomic E-state index is 3.54. The summed E-state index contributed by atoms with van der Waals surface area (Å²) in [5.41, 5.74) is 0. The molecule has 4 aromatic rings. The topological polar surface area (TPSA) is 0 Å². The van der Waals surface area contributed by atoms with Crippen LogP contribution in [0, 0.1) is 13.8 Å². The maximum Gasteiger partial charge on any atom is 0 e. The van der Waals surface area contributed by atoms with E-state index in [4.69, 9.17) is 0 Å². The van der Waals surface area contributed by atoms with E-state index in [2.05, 4.69) is 98.8 Å². The molecule has 0 saturated heterocycles. The summed E-state index contributed by atoms with van der Waals surface area (Å²) in [5.74, 6) is 0. The minimum atomic E-state index is 0. The van der Waals surface area contributed by atoms with Gasteiger partial charge in [-0.25, -0.2) is 12.8 Å². The molecule has 0 N–H and O–H groups in total. The van der Waals surface area contributed by atoms with E-state index in [0.717, 1.165) is 12.8 Å². The Morgan fingerprint density at radius 3 is 1.29 bits per heavy atom. The SMILES string of the molecule is [CH2-]CC[CH2-].[Sc].[Sc].c1ccc2[cH-]ccc2c1.c1ccc2[cH-]ccc2c1. The van der Waals surface area contributed by atoms with Crippen LogP contribution in [0.3, 0.4) is 0 Å². The molecule has 0 bridgehead atoms. The Morgan fingerprint density at radius 2 is 0.958 bits per heavy atom. The number of fused-ring (bicyclic) bond motifs is 2. The van der Waals surface area contributed by atoms with E-state index >= 15 is 0 Å². The van der Waals surface area contributed by atoms with Crippen molar-refractivity contribution >= 4 is 21.5 Å². The van der Waals surface area contributed by atoms with Crippen LogP contribution >= 0.6 is 0 Å². The van der Waals surface area contributed by atoms with Gasteiger partial charge in [-0.1, -0.05) is 12.1 Å². The van der Waals surface area contributed by atoms with Crippen LogP contribution in [0.2, 0.25) is 0 Å². The van der Waals surface area contributed by atoms with E-state index < -0.39 is 0 Å². The van der Waals surface area contributed by atoms with Crippen LogP contribution < -0.4 is 0 Å². The van der Waals surface area contributed by atoms with Crippen LogP contribution in [0.15, 0.2) is 84.9 Å². The maximum absolute atomic E-state index is 3.54. The van der Waals surface area contributed by atoms with E-state index in [0.29, 0.717) is 0 Å². The zero-order valence-electron chi connectivity index (χ0n) is 14.1. The Morgan fingerprint density at radius 1 is 0.583 bits per heavy atom. The van der Waals surface area contributed by atoms with Crippen LogP contribution in [0.4, 0.5) is 0 Å². The van der Waals surface area contributed by atoms with Crippen LogP contribution in [-0.2, 0) is 51.7 Å². The second-order valence-electron chi connectivity index (χ2n) is 5.02. The van der Waals surface area contributed by atoms with Crippen LogP contribution in [0.1, 0.15) is 12.8 Å². The molecule has 0 amide bonds. The molecule has 2 heteroatoms. The van der Waals surface area contributed by atoms with Crippen molar-refractivity contribution in [2.75, 3.05) is 0 Å². The second-order valence-corrected chi connectivity index (χ2v) is 5.02. The Bertz CT molecular complexity index is 652. The van der Waals surface area contributed by atoms with Crippen molar-refractivity contribution in [2.45, 2.75) is 12.8 Å². The van der Waals surface area contributed by atoms with Gasteiger partial charge in [0.2, 0.25) is 0 Å². The fourth-order valence-electron chi connectivity index (χ4n) is 2.14. The van der Waals surface area contributed by atoms with Crippen molar-refractivity contribution in [2.24, 2.45) is 0 Å². The van der Waals surface area contributed by atoms with E-state index in [1.54, 1.807) is 0 Å². The number of hydrogen-bond acceptors (Lipinski definition) is 0. The molecule has 0 aliphatic heterocycles. The number of rotatable bonds is 1. The molecule has 0 unspecified atom stereocenters. The first-order valence-electron chi connectivity index (χ1n) is 7.64. The largest absolute Gasteiger partial charge is 0.346 e. The summed E-state index contributed by atoms with van der Waals surface area (Å²) < 4.78 is 0. The van der Waals surface area contributed by atoms with Gasteiger partial charge in [0.1, 0.15) is 0 Å². The summed E-state index contributed by atoms with van der Waals surface area (Å²) in [4.78, 5) is 0. The molecule has 0 spiro atoms. The fourth-order valence-corrected chi connectivity index (χ4v) is 2.14. The molecule has 0 atom stereocenters. The first-order valence-corrected chi connectivity index (χ1v) is 7.64. The first-order chi connectivity index (χ1) is 10.8. The van der Waals surface area contributed by atoms with Gasteiger partial charge in [0.25, 0.3) is 0 Å². The number of hydrogen-bond donors (Lipinski definition) is 0.